The van der Waals surface area contributed by atoms with Crippen molar-refractivity contribution in [2.24, 2.45) is 0 Å². The lowest BCUT2D eigenvalue weighted by Gasteiger charge is -2.08. The van der Waals surface area contributed by atoms with Crippen LogP contribution in [0.25, 0.3) is 0 Å². The topological polar surface area (TPSA) is 22.1 Å². The predicted octanol–water partition coefficient (Wildman–Crippen LogP) is 4.79. The summed E-state index contributed by atoms with van der Waals surface area (Å²) >= 11 is 3.03. The molecule has 0 bridgehead atoms. The molecule has 0 fully saturated rings. The molecule has 1 heterocycles. The molecule has 0 aliphatic rings. The van der Waals surface area contributed by atoms with Gasteiger partial charge in [-0.3, -0.25) is 0 Å². The van der Waals surface area contributed by atoms with Gasteiger partial charge in [0.2, 0.25) is 0 Å². The van der Waals surface area contributed by atoms with Crippen molar-refractivity contribution >= 4 is 15.9 Å². The average Bonchev–Trinajstić information content (AvgIpc) is 2.32. The van der Waals surface area contributed by atoms with Gasteiger partial charge in [-0.15, -0.1) is 0 Å². The predicted molar refractivity (Wildman–Crippen MR) is 63.4 cm³/mol. The zero-order valence-electron chi connectivity index (χ0n) is 9.21. The summed E-state index contributed by atoms with van der Waals surface area (Å²) in [7, 11) is 0. The number of hydrogen-bond donors (Lipinski definition) is 0. The van der Waals surface area contributed by atoms with Crippen LogP contribution in [0.4, 0.5) is 17.6 Å². The molecule has 0 spiro atoms. The molecule has 100 valence electrons. The molecule has 0 aliphatic heterocycles. The first-order valence-electron chi connectivity index (χ1n) is 5.02. The van der Waals surface area contributed by atoms with E-state index in [4.69, 9.17) is 4.74 Å². The number of nitrogens with zero attached hydrogens (tertiary/aromatic N) is 1. The quantitative estimate of drug-likeness (QED) is 0.736. The standard InChI is InChI=1S/C12H6BrF4NO/c13-8-5-10(14)11(18-6-8)19-9-3-1-7(2-4-9)12(15,16)17/h1-6H. The maximum Gasteiger partial charge on any atom is 0.416 e. The number of pyridine rings is 1. The molecule has 2 aromatic rings. The molecule has 19 heavy (non-hydrogen) atoms. The van der Waals surface area contributed by atoms with Gasteiger partial charge in [0.15, 0.2) is 5.82 Å². The van der Waals surface area contributed by atoms with Crippen LogP contribution in [0.2, 0.25) is 0 Å². The fourth-order valence-corrected chi connectivity index (χ4v) is 1.60. The van der Waals surface area contributed by atoms with Crippen molar-refractivity contribution in [3.05, 3.63) is 52.4 Å². The Kier molecular flexibility index (Phi) is 3.75. The fourth-order valence-electron chi connectivity index (χ4n) is 1.30. The summed E-state index contributed by atoms with van der Waals surface area (Å²) in [6, 6.07) is 5.06. The molecule has 0 saturated carbocycles. The van der Waals surface area contributed by atoms with Crippen molar-refractivity contribution in [1.82, 2.24) is 4.98 Å². The summed E-state index contributed by atoms with van der Waals surface area (Å²) in [6.07, 6.45) is -3.10. The Morgan fingerprint density at radius 3 is 2.26 bits per heavy atom. The highest BCUT2D eigenvalue weighted by Crippen LogP contribution is 2.31. The fraction of sp³-hybridized carbons (Fsp3) is 0.0833. The summed E-state index contributed by atoms with van der Waals surface area (Å²) in [6.45, 7) is 0. The number of aromatic nitrogens is 1. The lowest BCUT2D eigenvalue weighted by atomic mass is 10.2. The van der Waals surface area contributed by atoms with Crippen molar-refractivity contribution in [2.45, 2.75) is 6.18 Å². The van der Waals surface area contributed by atoms with Crippen LogP contribution >= 0.6 is 15.9 Å². The largest absolute Gasteiger partial charge is 0.436 e. The van der Waals surface area contributed by atoms with Crippen molar-refractivity contribution < 1.29 is 22.3 Å². The Labute approximate surface area is 114 Å². The van der Waals surface area contributed by atoms with E-state index >= 15 is 0 Å². The number of rotatable bonds is 2. The molecule has 0 amide bonds. The Morgan fingerprint density at radius 2 is 1.74 bits per heavy atom. The Bertz CT molecular complexity index is 583. The second-order valence-corrected chi connectivity index (χ2v) is 4.48. The van der Waals surface area contributed by atoms with E-state index in [2.05, 4.69) is 20.9 Å². The summed E-state index contributed by atoms with van der Waals surface area (Å²) in [5.74, 6) is -0.945. The molecule has 0 N–H and O–H groups in total. The van der Waals surface area contributed by atoms with E-state index in [0.717, 1.165) is 30.3 Å². The van der Waals surface area contributed by atoms with Crippen LogP contribution in [0.15, 0.2) is 41.0 Å². The monoisotopic (exact) mass is 335 g/mol. The molecule has 2 nitrogen and oxygen atoms in total. The SMILES string of the molecule is Fc1cc(Br)cnc1Oc1ccc(C(F)(F)F)cc1. The minimum absolute atomic E-state index is 0.0710. The molecule has 7 heteroatoms. The third kappa shape index (κ3) is 3.44. The van der Waals surface area contributed by atoms with Crippen molar-refractivity contribution in [3.8, 4) is 11.6 Å². The first-order valence-corrected chi connectivity index (χ1v) is 5.82. The highest BCUT2D eigenvalue weighted by Gasteiger charge is 2.30. The molecule has 2 rings (SSSR count). The van der Waals surface area contributed by atoms with E-state index in [-0.39, 0.29) is 11.6 Å². The van der Waals surface area contributed by atoms with Crippen molar-refractivity contribution in [1.29, 1.82) is 0 Å². The summed E-state index contributed by atoms with van der Waals surface area (Å²) in [4.78, 5) is 3.68. The maximum absolute atomic E-state index is 13.4. The third-order valence-electron chi connectivity index (χ3n) is 2.17. The summed E-state index contributed by atoms with van der Waals surface area (Å²) in [5.41, 5.74) is -0.802. The number of benzene rings is 1. The van der Waals surface area contributed by atoms with E-state index in [1.165, 1.54) is 6.20 Å². The van der Waals surface area contributed by atoms with E-state index in [9.17, 15) is 17.6 Å². The third-order valence-corrected chi connectivity index (χ3v) is 2.60. The second-order valence-electron chi connectivity index (χ2n) is 3.56. The van der Waals surface area contributed by atoms with Gasteiger partial charge in [-0.2, -0.15) is 13.2 Å². The Morgan fingerprint density at radius 1 is 1.11 bits per heavy atom. The molecular formula is C12H6BrF4NO. The first kappa shape index (κ1) is 13.8. The van der Waals surface area contributed by atoms with Gasteiger partial charge >= 0.3 is 6.18 Å². The van der Waals surface area contributed by atoms with Crippen LogP contribution in [0.1, 0.15) is 5.56 Å². The van der Waals surface area contributed by atoms with Crippen LogP contribution in [0, 0.1) is 5.82 Å². The number of hydrogen-bond acceptors (Lipinski definition) is 2. The summed E-state index contributed by atoms with van der Waals surface area (Å²) < 4.78 is 55.9. The minimum Gasteiger partial charge on any atom is -0.436 e. The normalized spacial score (nSPS) is 11.4. The van der Waals surface area contributed by atoms with Gasteiger partial charge in [0.25, 0.3) is 5.88 Å². The molecule has 0 aliphatic carbocycles. The lowest BCUT2D eigenvalue weighted by molar-refractivity contribution is -0.137. The van der Waals surface area contributed by atoms with Gasteiger partial charge in [-0.05, 0) is 46.3 Å². The van der Waals surface area contributed by atoms with E-state index < -0.39 is 17.6 Å². The Hall–Kier alpha value is -1.63. The second kappa shape index (κ2) is 5.16. The molecule has 1 aromatic carbocycles. The molecule has 0 radical (unpaired) electrons. The van der Waals surface area contributed by atoms with Gasteiger partial charge < -0.3 is 4.74 Å². The van der Waals surface area contributed by atoms with E-state index in [1.807, 2.05) is 0 Å². The molecule has 0 saturated heterocycles. The molecule has 0 unspecified atom stereocenters. The number of halogens is 5. The zero-order valence-corrected chi connectivity index (χ0v) is 10.8. The van der Waals surface area contributed by atoms with E-state index in [1.54, 1.807) is 0 Å². The van der Waals surface area contributed by atoms with Gasteiger partial charge in [-0.1, -0.05) is 0 Å². The van der Waals surface area contributed by atoms with Crippen molar-refractivity contribution in [3.63, 3.8) is 0 Å². The molecular weight excluding hydrogens is 330 g/mol. The van der Waals surface area contributed by atoms with Gasteiger partial charge in [-0.25, -0.2) is 9.37 Å². The first-order chi connectivity index (χ1) is 8.86. The van der Waals surface area contributed by atoms with Crippen LogP contribution in [0.3, 0.4) is 0 Å². The zero-order chi connectivity index (χ0) is 14.0. The molecule has 1 aromatic heterocycles. The van der Waals surface area contributed by atoms with Crippen LogP contribution in [-0.2, 0) is 6.18 Å². The van der Waals surface area contributed by atoms with Gasteiger partial charge in [0, 0.05) is 10.7 Å². The average molecular weight is 336 g/mol. The van der Waals surface area contributed by atoms with Crippen molar-refractivity contribution in [2.75, 3.05) is 0 Å². The number of ether oxygens (including phenoxy) is 1. The van der Waals surface area contributed by atoms with E-state index in [0.29, 0.717) is 4.47 Å². The van der Waals surface area contributed by atoms with Crippen LogP contribution in [0.5, 0.6) is 11.6 Å². The highest BCUT2D eigenvalue weighted by atomic mass is 79.9. The van der Waals surface area contributed by atoms with Crippen LogP contribution < -0.4 is 4.74 Å². The number of alkyl halides is 3. The Balaban J connectivity index is 2.20. The van der Waals surface area contributed by atoms with Gasteiger partial charge in [0.05, 0.1) is 5.56 Å². The molecule has 0 atom stereocenters. The van der Waals surface area contributed by atoms with Crippen LogP contribution in [-0.4, -0.2) is 4.98 Å². The lowest BCUT2D eigenvalue weighted by Crippen LogP contribution is -2.04. The maximum atomic E-state index is 13.4. The smallest absolute Gasteiger partial charge is 0.416 e. The summed E-state index contributed by atoms with van der Waals surface area (Å²) in [5, 5.41) is 0. The van der Waals surface area contributed by atoms with Gasteiger partial charge in [0.1, 0.15) is 5.75 Å². The minimum atomic E-state index is -4.42. The highest BCUT2D eigenvalue weighted by molar-refractivity contribution is 9.10.